The maximum Gasteiger partial charge on any atom is 0.348 e. The van der Waals surface area contributed by atoms with E-state index in [0.717, 1.165) is 21.6 Å². The Hall–Kier alpha value is -4.76. The van der Waals surface area contributed by atoms with Gasteiger partial charge in [0.1, 0.15) is 11.9 Å². The zero-order chi connectivity index (χ0) is 33.7. The zero-order valence-electron chi connectivity index (χ0n) is 24.2. The van der Waals surface area contributed by atoms with Gasteiger partial charge in [-0.05, 0) is 41.4 Å². The van der Waals surface area contributed by atoms with Crippen molar-refractivity contribution in [3.05, 3.63) is 76.5 Å². The number of terminal acetylenes is 1. The molecule has 5 rings (SSSR count). The number of aliphatic carboxylic acids is 2. The maximum absolute atomic E-state index is 13.3. The average Bonchev–Trinajstić information content (AvgIpc) is 3.67. The van der Waals surface area contributed by atoms with E-state index in [1.54, 1.807) is 36.4 Å². The number of thiazole rings is 1. The molecular weight excluding hydrogens is 659 g/mol. The number of rotatable bonds is 15. The van der Waals surface area contributed by atoms with Crippen LogP contribution in [-0.4, -0.2) is 87.9 Å². The normalized spacial score (nSPS) is 13.7. The second-order valence-corrected chi connectivity index (χ2v) is 11.5. The number of aliphatic hydroxyl groups is 2. The lowest BCUT2D eigenvalue weighted by atomic mass is 10.00. The minimum absolute atomic E-state index is 0.0600. The minimum Gasteiger partial charge on any atom is -0.479 e. The number of aliphatic hydroxyl groups excluding tert-OH is 2. The number of para-hydroxylation sites is 1. The van der Waals surface area contributed by atoms with Crippen molar-refractivity contribution in [2.45, 2.75) is 37.0 Å². The third kappa shape index (κ3) is 7.30. The molecule has 5 N–H and O–H groups in total. The largest absolute Gasteiger partial charge is 0.479 e. The number of nitrogens with zero attached hydrogens (tertiary/aromatic N) is 5. The van der Waals surface area contributed by atoms with Crippen LogP contribution in [0.2, 0.25) is 5.28 Å². The lowest BCUT2D eigenvalue weighted by Crippen LogP contribution is -2.52. The summed E-state index contributed by atoms with van der Waals surface area (Å²) in [6, 6.07) is 12.7. The molecule has 0 aliphatic rings. The summed E-state index contributed by atoms with van der Waals surface area (Å²) < 4.78 is 26.6. The molecule has 3 atom stereocenters. The van der Waals surface area contributed by atoms with Crippen molar-refractivity contribution in [1.82, 2.24) is 24.5 Å². The van der Waals surface area contributed by atoms with E-state index in [-0.39, 0.29) is 33.8 Å². The predicted octanol–water partition coefficient (Wildman–Crippen LogP) is 2.88. The fourth-order valence-corrected chi connectivity index (χ4v) is 5.76. The summed E-state index contributed by atoms with van der Waals surface area (Å²) in [6.45, 7) is -1.32. The van der Waals surface area contributed by atoms with Gasteiger partial charge >= 0.3 is 11.9 Å². The highest BCUT2D eigenvalue weighted by Crippen LogP contribution is 2.30. The van der Waals surface area contributed by atoms with Crippen molar-refractivity contribution in [1.29, 1.82) is 0 Å². The Bertz CT molecular complexity index is 1900. The summed E-state index contributed by atoms with van der Waals surface area (Å²) in [5, 5.41) is 43.9. The fourth-order valence-electron chi connectivity index (χ4n) is 4.56. The van der Waals surface area contributed by atoms with Gasteiger partial charge in [0.05, 0.1) is 41.2 Å². The number of imidazole rings is 1. The number of carbonyl (C=O) groups is 2. The van der Waals surface area contributed by atoms with E-state index in [0.29, 0.717) is 5.52 Å². The number of hydrogen-bond donors (Lipinski definition) is 5. The van der Waals surface area contributed by atoms with Gasteiger partial charge in [-0.3, -0.25) is 4.57 Å². The molecule has 0 aliphatic heterocycles. The molecule has 3 aromatic heterocycles. The first-order valence-corrected chi connectivity index (χ1v) is 15.0. The smallest absolute Gasteiger partial charge is 0.348 e. The van der Waals surface area contributed by atoms with Crippen LogP contribution < -0.4 is 5.32 Å². The van der Waals surface area contributed by atoms with E-state index < -0.39 is 61.4 Å². The molecule has 47 heavy (non-hydrogen) atoms. The zero-order valence-corrected chi connectivity index (χ0v) is 25.7. The molecular formula is C30H26ClFN6O8S. The summed E-state index contributed by atoms with van der Waals surface area (Å²) in [7, 11) is 0. The van der Waals surface area contributed by atoms with Crippen LogP contribution in [0.15, 0.2) is 54.9 Å². The van der Waals surface area contributed by atoms with Crippen LogP contribution >= 0.6 is 22.9 Å². The second-order valence-electron chi connectivity index (χ2n) is 10.1. The lowest BCUT2D eigenvalue weighted by Gasteiger charge is -2.29. The summed E-state index contributed by atoms with van der Waals surface area (Å²) in [5.74, 6) is -1.67. The highest BCUT2D eigenvalue weighted by Gasteiger charge is 2.50. The molecule has 2 aromatic carbocycles. The van der Waals surface area contributed by atoms with Gasteiger partial charge in [-0.2, -0.15) is 9.97 Å². The number of benzene rings is 2. The van der Waals surface area contributed by atoms with E-state index >= 15 is 0 Å². The van der Waals surface area contributed by atoms with Crippen molar-refractivity contribution < 1.29 is 43.9 Å². The van der Waals surface area contributed by atoms with Crippen molar-refractivity contribution >= 4 is 62.1 Å². The number of carboxylic acids is 2. The molecule has 0 radical (unpaired) electrons. The van der Waals surface area contributed by atoms with E-state index in [1.165, 1.54) is 23.0 Å². The van der Waals surface area contributed by atoms with E-state index in [4.69, 9.17) is 27.5 Å². The minimum atomic E-state index is -2.79. The molecule has 0 spiro atoms. The van der Waals surface area contributed by atoms with Gasteiger partial charge in [0.25, 0.3) is 5.60 Å². The van der Waals surface area contributed by atoms with Crippen molar-refractivity contribution in [3.8, 4) is 12.3 Å². The van der Waals surface area contributed by atoms with Gasteiger partial charge in [-0.15, -0.1) is 17.8 Å². The Morgan fingerprint density at radius 3 is 2.51 bits per heavy atom. The van der Waals surface area contributed by atoms with Crippen LogP contribution in [0, 0.1) is 18.2 Å². The van der Waals surface area contributed by atoms with Crippen LogP contribution in [-0.2, 0) is 32.0 Å². The number of nitrogens with one attached hydrogen (secondary N) is 1. The third-order valence-electron chi connectivity index (χ3n) is 6.96. The summed E-state index contributed by atoms with van der Waals surface area (Å²) in [6.07, 6.45) is 1.54. The van der Waals surface area contributed by atoms with Gasteiger partial charge in [0, 0.05) is 6.54 Å². The number of anilines is 1. The fraction of sp³-hybridized carbons (Fsp3) is 0.267. The predicted molar refractivity (Wildman–Crippen MR) is 167 cm³/mol. The van der Waals surface area contributed by atoms with Gasteiger partial charge in [0.2, 0.25) is 5.28 Å². The molecule has 0 aliphatic carbocycles. The monoisotopic (exact) mass is 684 g/mol. The molecule has 14 nitrogen and oxygen atoms in total. The van der Waals surface area contributed by atoms with Gasteiger partial charge in [0.15, 0.2) is 29.3 Å². The molecule has 0 amide bonds. The Labute approximate surface area is 274 Å². The SMILES string of the molecule is C#C[C@@H](O)[C@@H](O[C@@H](CO)COC(Cc1nc2ccccc2s1)(C(=O)O)C(=O)O)n1cnc2c(NCc3ccc(F)cc3)nc(Cl)nc21. The van der Waals surface area contributed by atoms with Crippen LogP contribution in [0.4, 0.5) is 10.2 Å². The van der Waals surface area contributed by atoms with Crippen LogP contribution in [0.3, 0.4) is 0 Å². The van der Waals surface area contributed by atoms with Crippen molar-refractivity contribution in [3.63, 3.8) is 0 Å². The average molecular weight is 685 g/mol. The Kier molecular flexibility index (Phi) is 10.3. The van der Waals surface area contributed by atoms with Gasteiger partial charge in [-0.1, -0.05) is 30.2 Å². The number of fused-ring (bicyclic) bond motifs is 2. The van der Waals surface area contributed by atoms with E-state index in [9.17, 15) is 34.4 Å². The van der Waals surface area contributed by atoms with Crippen molar-refractivity contribution in [2.75, 3.05) is 18.5 Å². The first-order valence-electron chi connectivity index (χ1n) is 13.8. The topological polar surface area (TPSA) is 202 Å². The molecule has 5 aromatic rings. The van der Waals surface area contributed by atoms with E-state index in [2.05, 4.69) is 31.2 Å². The number of aromatic nitrogens is 5. The summed E-state index contributed by atoms with van der Waals surface area (Å²) in [5.41, 5.74) is -1.25. The maximum atomic E-state index is 13.3. The Morgan fingerprint density at radius 1 is 1.13 bits per heavy atom. The lowest BCUT2D eigenvalue weighted by molar-refractivity contribution is -0.195. The Balaban J connectivity index is 1.39. The molecule has 244 valence electrons. The number of halogens is 2. The first kappa shape index (κ1) is 33.6. The molecule has 0 fully saturated rings. The molecule has 0 saturated carbocycles. The quantitative estimate of drug-likeness (QED) is 0.0613. The van der Waals surface area contributed by atoms with Gasteiger partial charge < -0.3 is 35.2 Å². The molecule has 3 heterocycles. The number of hydrogen-bond acceptors (Lipinski definition) is 12. The molecule has 17 heteroatoms. The molecule has 0 saturated heterocycles. The van der Waals surface area contributed by atoms with Gasteiger partial charge in [-0.25, -0.2) is 23.9 Å². The summed E-state index contributed by atoms with van der Waals surface area (Å²) >= 11 is 7.30. The van der Waals surface area contributed by atoms with Crippen LogP contribution in [0.25, 0.3) is 21.4 Å². The number of carboxylic acid groups (broad SMARTS) is 2. The van der Waals surface area contributed by atoms with Crippen LogP contribution in [0.1, 0.15) is 16.8 Å². The standard InChI is InChI=1S/C30H26ClFN6O8S/c1-2-20(40)26(38-15-34-23-24(36-29(31)37-25(23)38)33-12-16-7-9-17(32)10-8-16)46-18(13-39)14-45-30(27(41)42,28(43)44)11-22-35-19-5-3-4-6-21(19)47-22/h1,3-10,15,18,20,26,39-40H,11-14H2,(H,41,42)(H,43,44)(H,33,36,37)/t18-,20+,26+/m0/s1. The molecule has 0 unspecified atom stereocenters. The first-order chi connectivity index (χ1) is 22.5. The Morgan fingerprint density at radius 2 is 1.85 bits per heavy atom. The second kappa shape index (κ2) is 14.3. The molecule has 0 bridgehead atoms. The number of ether oxygens (including phenoxy) is 2. The van der Waals surface area contributed by atoms with Crippen molar-refractivity contribution in [2.24, 2.45) is 0 Å². The van der Waals surface area contributed by atoms with E-state index in [1.807, 2.05) is 0 Å². The third-order valence-corrected chi connectivity index (χ3v) is 8.17. The highest BCUT2D eigenvalue weighted by molar-refractivity contribution is 7.18. The van der Waals surface area contributed by atoms with Crippen LogP contribution in [0.5, 0.6) is 0 Å². The highest BCUT2D eigenvalue weighted by atomic mass is 35.5. The summed E-state index contributed by atoms with van der Waals surface area (Å²) in [4.78, 5) is 41.7.